The molecule has 1 rings (SSSR count). The number of hydrogen-bond donors (Lipinski definition) is 3. The van der Waals surface area contributed by atoms with Crippen molar-refractivity contribution < 1.29 is 14.7 Å². The number of hydrogen-bond acceptors (Lipinski definition) is 2. The Labute approximate surface area is 108 Å². The van der Waals surface area contributed by atoms with Crippen LogP contribution in [0.3, 0.4) is 0 Å². The third-order valence-electron chi connectivity index (χ3n) is 4.21. The molecule has 0 radical (unpaired) electrons. The Kier molecular flexibility index (Phi) is 4.99. The topological polar surface area (TPSA) is 78.4 Å². The van der Waals surface area contributed by atoms with Crippen LogP contribution in [0.25, 0.3) is 0 Å². The molecule has 1 aliphatic rings. The number of carbonyl (C=O) groups excluding carboxylic acids is 1. The molecule has 2 amide bonds. The molecule has 3 N–H and O–H groups in total. The van der Waals surface area contributed by atoms with Gasteiger partial charge in [-0.2, -0.15) is 0 Å². The molecule has 5 nitrogen and oxygen atoms in total. The van der Waals surface area contributed by atoms with Gasteiger partial charge in [-0.1, -0.05) is 26.7 Å². The zero-order chi connectivity index (χ0) is 13.8. The molecule has 2 atom stereocenters. The molecule has 1 fully saturated rings. The Hall–Kier alpha value is -1.26. The molecule has 0 aliphatic heterocycles. The maximum Gasteiger partial charge on any atom is 0.315 e. The van der Waals surface area contributed by atoms with Crippen LogP contribution in [-0.4, -0.2) is 29.7 Å². The Balaban J connectivity index is 2.35. The first kappa shape index (κ1) is 14.8. The summed E-state index contributed by atoms with van der Waals surface area (Å²) < 4.78 is 0. The molecule has 0 saturated heterocycles. The molecule has 18 heavy (non-hydrogen) atoms. The lowest BCUT2D eigenvalue weighted by atomic mass is 9.69. The number of carbonyl (C=O) groups is 2. The zero-order valence-electron chi connectivity index (χ0n) is 11.5. The van der Waals surface area contributed by atoms with Gasteiger partial charge in [-0.15, -0.1) is 0 Å². The largest absolute Gasteiger partial charge is 0.481 e. The van der Waals surface area contributed by atoms with Gasteiger partial charge in [0.2, 0.25) is 0 Å². The van der Waals surface area contributed by atoms with E-state index in [0.29, 0.717) is 18.8 Å². The molecule has 1 aliphatic carbocycles. The number of carboxylic acid groups (broad SMARTS) is 1. The lowest BCUT2D eigenvalue weighted by Gasteiger charge is -2.37. The molecular weight excluding hydrogens is 232 g/mol. The van der Waals surface area contributed by atoms with Crippen molar-refractivity contribution in [3.05, 3.63) is 0 Å². The van der Waals surface area contributed by atoms with Crippen LogP contribution >= 0.6 is 0 Å². The van der Waals surface area contributed by atoms with Gasteiger partial charge in [0, 0.05) is 12.6 Å². The Morgan fingerprint density at radius 1 is 1.33 bits per heavy atom. The van der Waals surface area contributed by atoms with Gasteiger partial charge in [-0.05, 0) is 25.7 Å². The second-order valence-corrected chi connectivity index (χ2v) is 5.44. The van der Waals surface area contributed by atoms with Crippen molar-refractivity contribution in [1.82, 2.24) is 10.6 Å². The average Bonchev–Trinajstić information content (AvgIpc) is 2.25. The van der Waals surface area contributed by atoms with Crippen LogP contribution in [0.4, 0.5) is 4.79 Å². The fourth-order valence-corrected chi connectivity index (χ4v) is 2.07. The average molecular weight is 256 g/mol. The predicted octanol–water partition coefficient (Wildman–Crippen LogP) is 1.98. The number of nitrogens with one attached hydrogen (secondary N) is 2. The molecule has 2 unspecified atom stereocenters. The van der Waals surface area contributed by atoms with Gasteiger partial charge in [0.1, 0.15) is 0 Å². The van der Waals surface area contributed by atoms with E-state index >= 15 is 0 Å². The highest BCUT2D eigenvalue weighted by Crippen LogP contribution is 2.40. The van der Waals surface area contributed by atoms with E-state index in [2.05, 4.69) is 24.5 Å². The monoisotopic (exact) mass is 256 g/mol. The van der Waals surface area contributed by atoms with Crippen molar-refractivity contribution in [2.75, 3.05) is 6.54 Å². The van der Waals surface area contributed by atoms with Crippen molar-refractivity contribution in [2.24, 2.45) is 11.3 Å². The summed E-state index contributed by atoms with van der Waals surface area (Å²) in [6, 6.07) is -0.174. The first-order valence-electron chi connectivity index (χ1n) is 6.69. The predicted molar refractivity (Wildman–Crippen MR) is 69.4 cm³/mol. The standard InChI is InChI=1S/C13H24N2O3/c1-4-9(2)10(3)15-12(18)14-8-13(11(16)17)6-5-7-13/h9-10H,4-8H2,1-3H3,(H,16,17)(H2,14,15,18). The van der Waals surface area contributed by atoms with E-state index in [1.54, 1.807) is 0 Å². The minimum Gasteiger partial charge on any atom is -0.481 e. The Morgan fingerprint density at radius 2 is 1.94 bits per heavy atom. The summed E-state index contributed by atoms with van der Waals surface area (Å²) in [7, 11) is 0. The first-order valence-corrected chi connectivity index (χ1v) is 6.69. The Bertz CT molecular complexity index is 313. The SMILES string of the molecule is CCC(C)C(C)NC(=O)NCC1(C(=O)O)CCC1. The number of aliphatic carboxylic acids is 1. The molecule has 1 saturated carbocycles. The summed E-state index contributed by atoms with van der Waals surface area (Å²) in [5.74, 6) is -0.392. The highest BCUT2D eigenvalue weighted by molar-refractivity contribution is 5.78. The van der Waals surface area contributed by atoms with Crippen molar-refractivity contribution in [3.8, 4) is 0 Å². The summed E-state index contributed by atoms with van der Waals surface area (Å²) >= 11 is 0. The quantitative estimate of drug-likeness (QED) is 0.680. The fraction of sp³-hybridized carbons (Fsp3) is 0.846. The maximum atomic E-state index is 11.7. The fourth-order valence-electron chi connectivity index (χ4n) is 2.07. The second kappa shape index (κ2) is 6.07. The van der Waals surface area contributed by atoms with Crippen molar-refractivity contribution in [1.29, 1.82) is 0 Å². The van der Waals surface area contributed by atoms with Crippen LogP contribution in [0.2, 0.25) is 0 Å². The minimum atomic E-state index is -0.802. The molecule has 0 bridgehead atoms. The molecular formula is C13H24N2O3. The van der Waals surface area contributed by atoms with E-state index in [9.17, 15) is 9.59 Å². The summed E-state index contributed by atoms with van der Waals surface area (Å²) in [4.78, 5) is 22.8. The van der Waals surface area contributed by atoms with E-state index in [4.69, 9.17) is 5.11 Å². The maximum absolute atomic E-state index is 11.7. The molecule has 0 aromatic heterocycles. The van der Waals surface area contributed by atoms with E-state index in [1.165, 1.54) is 0 Å². The van der Waals surface area contributed by atoms with Crippen molar-refractivity contribution in [2.45, 2.75) is 52.5 Å². The molecule has 104 valence electrons. The summed E-state index contributed by atoms with van der Waals surface area (Å²) in [5, 5.41) is 14.7. The lowest BCUT2D eigenvalue weighted by molar-refractivity contribution is -0.153. The number of carboxylic acids is 1. The zero-order valence-corrected chi connectivity index (χ0v) is 11.5. The summed E-state index contributed by atoms with van der Waals surface area (Å²) in [6.07, 6.45) is 3.24. The van der Waals surface area contributed by atoms with Gasteiger partial charge in [0.15, 0.2) is 0 Å². The van der Waals surface area contributed by atoms with Crippen LogP contribution in [0.5, 0.6) is 0 Å². The third kappa shape index (κ3) is 3.37. The number of amides is 2. The Morgan fingerprint density at radius 3 is 2.33 bits per heavy atom. The van der Waals surface area contributed by atoms with E-state index in [-0.39, 0.29) is 18.6 Å². The van der Waals surface area contributed by atoms with Crippen LogP contribution < -0.4 is 10.6 Å². The van der Waals surface area contributed by atoms with Crippen molar-refractivity contribution >= 4 is 12.0 Å². The molecule has 0 aromatic rings. The van der Waals surface area contributed by atoms with E-state index in [0.717, 1.165) is 12.8 Å². The smallest absolute Gasteiger partial charge is 0.315 e. The van der Waals surface area contributed by atoms with Gasteiger partial charge >= 0.3 is 12.0 Å². The molecule has 0 heterocycles. The van der Waals surface area contributed by atoms with Gasteiger partial charge in [0.05, 0.1) is 5.41 Å². The third-order valence-corrected chi connectivity index (χ3v) is 4.21. The molecule has 0 spiro atoms. The van der Waals surface area contributed by atoms with Gasteiger partial charge < -0.3 is 15.7 Å². The van der Waals surface area contributed by atoms with Crippen LogP contribution in [0.15, 0.2) is 0 Å². The molecule has 5 heteroatoms. The highest BCUT2D eigenvalue weighted by atomic mass is 16.4. The number of rotatable bonds is 6. The van der Waals surface area contributed by atoms with Crippen LogP contribution in [0.1, 0.15) is 46.5 Å². The normalized spacial score (nSPS) is 20.4. The highest BCUT2D eigenvalue weighted by Gasteiger charge is 2.44. The molecule has 0 aromatic carbocycles. The van der Waals surface area contributed by atoms with E-state index < -0.39 is 11.4 Å². The van der Waals surface area contributed by atoms with Crippen LogP contribution in [0, 0.1) is 11.3 Å². The van der Waals surface area contributed by atoms with Gasteiger partial charge in [0.25, 0.3) is 0 Å². The number of urea groups is 1. The minimum absolute atomic E-state index is 0.0946. The van der Waals surface area contributed by atoms with Crippen LogP contribution in [-0.2, 0) is 4.79 Å². The lowest BCUT2D eigenvalue weighted by Crippen LogP contribution is -2.51. The summed E-state index contributed by atoms with van der Waals surface area (Å²) in [6.45, 7) is 6.34. The van der Waals surface area contributed by atoms with Gasteiger partial charge in [-0.25, -0.2) is 4.79 Å². The van der Waals surface area contributed by atoms with E-state index in [1.807, 2.05) is 6.92 Å². The first-order chi connectivity index (χ1) is 8.41. The summed E-state index contributed by atoms with van der Waals surface area (Å²) in [5.41, 5.74) is -0.725. The van der Waals surface area contributed by atoms with Crippen molar-refractivity contribution in [3.63, 3.8) is 0 Å². The second-order valence-electron chi connectivity index (χ2n) is 5.44. The van der Waals surface area contributed by atoms with Gasteiger partial charge in [-0.3, -0.25) is 4.79 Å².